The lowest BCUT2D eigenvalue weighted by Gasteiger charge is -2.30. The van der Waals surface area contributed by atoms with Crippen molar-refractivity contribution in [3.63, 3.8) is 0 Å². The molecule has 0 bridgehead atoms. The van der Waals surface area contributed by atoms with Crippen LogP contribution in [0.25, 0.3) is 0 Å². The second kappa shape index (κ2) is 5.30. The van der Waals surface area contributed by atoms with Crippen molar-refractivity contribution in [2.75, 3.05) is 0 Å². The van der Waals surface area contributed by atoms with Gasteiger partial charge in [0.2, 0.25) is 0 Å². The molecule has 0 spiro atoms. The van der Waals surface area contributed by atoms with Crippen molar-refractivity contribution in [2.45, 2.75) is 44.4 Å². The number of aromatic nitrogens is 2. The molecule has 2 rings (SSSR count). The molecule has 1 saturated carbocycles. The standard InChI is InChI=1S/C12H18F3N3/c1-18-8-9(7-17-18)6-16-11-4-2-10(3-5-11)12(13,14)15/h7-8,10-11,16H,2-6H2,1H3. The van der Waals surface area contributed by atoms with Crippen molar-refractivity contribution in [1.29, 1.82) is 0 Å². The first-order valence-corrected chi connectivity index (χ1v) is 6.23. The van der Waals surface area contributed by atoms with Crippen LogP contribution in [0.2, 0.25) is 0 Å². The summed E-state index contributed by atoms with van der Waals surface area (Å²) in [6.45, 7) is 0.676. The quantitative estimate of drug-likeness (QED) is 0.906. The molecule has 18 heavy (non-hydrogen) atoms. The van der Waals surface area contributed by atoms with Crippen molar-refractivity contribution in [1.82, 2.24) is 15.1 Å². The predicted octanol–water partition coefficient (Wildman–Crippen LogP) is 2.63. The molecule has 0 radical (unpaired) electrons. The van der Waals surface area contributed by atoms with E-state index in [0.717, 1.165) is 5.56 Å². The van der Waals surface area contributed by atoms with E-state index in [1.54, 1.807) is 10.9 Å². The van der Waals surface area contributed by atoms with Crippen LogP contribution in [0.5, 0.6) is 0 Å². The van der Waals surface area contributed by atoms with Gasteiger partial charge in [-0.1, -0.05) is 0 Å². The zero-order valence-electron chi connectivity index (χ0n) is 10.4. The van der Waals surface area contributed by atoms with Crippen LogP contribution in [0.1, 0.15) is 31.2 Å². The Bertz CT molecular complexity index is 378. The number of hydrogen-bond donors (Lipinski definition) is 1. The van der Waals surface area contributed by atoms with Crippen LogP contribution >= 0.6 is 0 Å². The minimum Gasteiger partial charge on any atom is -0.310 e. The molecule has 1 heterocycles. The highest BCUT2D eigenvalue weighted by Crippen LogP contribution is 2.37. The van der Waals surface area contributed by atoms with Crippen LogP contribution < -0.4 is 5.32 Å². The monoisotopic (exact) mass is 261 g/mol. The highest BCUT2D eigenvalue weighted by molar-refractivity contribution is 5.03. The van der Waals surface area contributed by atoms with E-state index in [4.69, 9.17) is 0 Å². The number of nitrogens with zero attached hydrogens (tertiary/aromatic N) is 2. The number of hydrogen-bond acceptors (Lipinski definition) is 2. The summed E-state index contributed by atoms with van der Waals surface area (Å²) >= 11 is 0. The molecule has 1 aliphatic rings. The molecule has 0 unspecified atom stereocenters. The highest BCUT2D eigenvalue weighted by Gasteiger charge is 2.41. The maximum atomic E-state index is 12.5. The SMILES string of the molecule is Cn1cc(CNC2CCC(C(F)(F)F)CC2)cn1. The Morgan fingerprint density at radius 2 is 2.00 bits per heavy atom. The molecule has 1 aliphatic carbocycles. The average Bonchev–Trinajstić information content (AvgIpc) is 2.72. The highest BCUT2D eigenvalue weighted by atomic mass is 19.4. The van der Waals surface area contributed by atoms with Gasteiger partial charge in [-0.15, -0.1) is 0 Å². The van der Waals surface area contributed by atoms with E-state index < -0.39 is 12.1 Å². The second-order valence-corrected chi connectivity index (χ2v) is 4.99. The third-order valence-corrected chi connectivity index (χ3v) is 3.54. The number of nitrogens with one attached hydrogen (secondary N) is 1. The second-order valence-electron chi connectivity index (χ2n) is 4.99. The molecule has 0 atom stereocenters. The third-order valence-electron chi connectivity index (χ3n) is 3.54. The molecule has 3 nitrogen and oxygen atoms in total. The van der Waals surface area contributed by atoms with Crippen LogP contribution in [0, 0.1) is 5.92 Å². The van der Waals surface area contributed by atoms with Crippen LogP contribution in [0.4, 0.5) is 13.2 Å². The molecule has 0 aromatic carbocycles. The maximum absolute atomic E-state index is 12.5. The lowest BCUT2D eigenvalue weighted by molar-refractivity contribution is -0.182. The Morgan fingerprint density at radius 1 is 1.33 bits per heavy atom. The molecule has 1 aromatic rings. The van der Waals surface area contributed by atoms with E-state index >= 15 is 0 Å². The smallest absolute Gasteiger partial charge is 0.310 e. The van der Waals surface area contributed by atoms with Crippen LogP contribution in [-0.4, -0.2) is 22.0 Å². The molecule has 1 fully saturated rings. The first-order valence-electron chi connectivity index (χ1n) is 6.23. The predicted molar refractivity (Wildman–Crippen MR) is 61.8 cm³/mol. The van der Waals surface area contributed by atoms with Gasteiger partial charge in [0.05, 0.1) is 12.1 Å². The van der Waals surface area contributed by atoms with Gasteiger partial charge in [-0.05, 0) is 25.7 Å². The van der Waals surface area contributed by atoms with Crippen LogP contribution in [0.3, 0.4) is 0 Å². The van der Waals surface area contributed by atoms with E-state index in [-0.39, 0.29) is 18.9 Å². The first-order chi connectivity index (χ1) is 8.45. The fourth-order valence-corrected chi connectivity index (χ4v) is 2.45. The van der Waals surface area contributed by atoms with Gasteiger partial charge < -0.3 is 5.32 Å². The number of halogens is 3. The molecule has 0 saturated heterocycles. The maximum Gasteiger partial charge on any atom is 0.391 e. The summed E-state index contributed by atoms with van der Waals surface area (Å²) in [7, 11) is 1.85. The zero-order chi connectivity index (χ0) is 13.2. The van der Waals surface area contributed by atoms with Gasteiger partial charge in [0.1, 0.15) is 0 Å². The molecule has 1 N–H and O–H groups in total. The van der Waals surface area contributed by atoms with Gasteiger partial charge in [-0.2, -0.15) is 18.3 Å². The van der Waals surface area contributed by atoms with Crippen molar-refractivity contribution in [3.8, 4) is 0 Å². The molecule has 102 valence electrons. The summed E-state index contributed by atoms with van der Waals surface area (Å²) < 4.78 is 39.2. The Hall–Kier alpha value is -1.04. The van der Waals surface area contributed by atoms with Gasteiger partial charge in [0.25, 0.3) is 0 Å². The topological polar surface area (TPSA) is 29.9 Å². The van der Waals surface area contributed by atoms with E-state index in [2.05, 4.69) is 10.4 Å². The van der Waals surface area contributed by atoms with E-state index in [9.17, 15) is 13.2 Å². The number of rotatable bonds is 3. The summed E-state index contributed by atoms with van der Waals surface area (Å²) in [5.74, 6) is -1.10. The van der Waals surface area contributed by atoms with Crippen molar-refractivity contribution in [3.05, 3.63) is 18.0 Å². The molecular formula is C12H18F3N3. The summed E-state index contributed by atoms with van der Waals surface area (Å²) in [4.78, 5) is 0. The lowest BCUT2D eigenvalue weighted by Crippen LogP contribution is -2.36. The minimum atomic E-state index is -4.02. The van der Waals surface area contributed by atoms with Gasteiger partial charge in [0, 0.05) is 31.4 Å². The minimum absolute atomic E-state index is 0.198. The average molecular weight is 261 g/mol. The van der Waals surface area contributed by atoms with Crippen molar-refractivity contribution >= 4 is 0 Å². The summed E-state index contributed by atoms with van der Waals surface area (Å²) in [6.07, 6.45) is 1.36. The molecular weight excluding hydrogens is 243 g/mol. The summed E-state index contributed by atoms with van der Waals surface area (Å²) in [5.41, 5.74) is 1.07. The fourth-order valence-electron chi connectivity index (χ4n) is 2.45. The third kappa shape index (κ3) is 3.48. The largest absolute Gasteiger partial charge is 0.391 e. The Balaban J connectivity index is 1.74. The van der Waals surface area contributed by atoms with E-state index in [1.165, 1.54) is 0 Å². The van der Waals surface area contributed by atoms with Gasteiger partial charge in [0.15, 0.2) is 0 Å². The normalized spacial score (nSPS) is 25.3. The number of aryl methyl sites for hydroxylation is 1. The molecule has 0 aliphatic heterocycles. The first kappa shape index (κ1) is 13.4. The van der Waals surface area contributed by atoms with E-state index in [0.29, 0.717) is 19.4 Å². The lowest BCUT2D eigenvalue weighted by atomic mass is 9.85. The molecule has 6 heteroatoms. The zero-order valence-corrected chi connectivity index (χ0v) is 10.4. The fraction of sp³-hybridized carbons (Fsp3) is 0.750. The van der Waals surface area contributed by atoms with E-state index in [1.807, 2.05) is 13.2 Å². The number of alkyl halides is 3. The Kier molecular flexibility index (Phi) is 3.94. The van der Waals surface area contributed by atoms with Crippen LogP contribution in [0.15, 0.2) is 12.4 Å². The van der Waals surface area contributed by atoms with Gasteiger partial charge >= 0.3 is 6.18 Å². The molecule has 1 aromatic heterocycles. The van der Waals surface area contributed by atoms with Gasteiger partial charge in [-0.25, -0.2) is 0 Å². The van der Waals surface area contributed by atoms with Gasteiger partial charge in [-0.3, -0.25) is 4.68 Å². The molecule has 0 amide bonds. The van der Waals surface area contributed by atoms with Crippen molar-refractivity contribution < 1.29 is 13.2 Å². The van der Waals surface area contributed by atoms with Crippen LogP contribution in [-0.2, 0) is 13.6 Å². The summed E-state index contributed by atoms with van der Waals surface area (Å²) in [6, 6.07) is 0.198. The summed E-state index contributed by atoms with van der Waals surface area (Å²) in [5, 5.41) is 7.36. The van der Waals surface area contributed by atoms with Crippen molar-refractivity contribution in [2.24, 2.45) is 13.0 Å². The Morgan fingerprint density at radius 3 is 2.50 bits per heavy atom. The Labute approximate surface area is 104 Å².